The van der Waals surface area contributed by atoms with E-state index in [1.165, 1.54) is 24.3 Å². The molecule has 0 radical (unpaired) electrons. The van der Waals surface area contributed by atoms with Crippen molar-refractivity contribution in [2.45, 2.75) is 13.3 Å². The molecule has 1 aliphatic rings. The molecule has 2 aromatic rings. The van der Waals surface area contributed by atoms with E-state index in [9.17, 15) is 19.5 Å². The fourth-order valence-electron chi connectivity index (χ4n) is 2.82. The van der Waals surface area contributed by atoms with Gasteiger partial charge in [0.15, 0.2) is 0 Å². The van der Waals surface area contributed by atoms with E-state index in [-0.39, 0.29) is 30.3 Å². The molecule has 1 N–H and O–H groups in total. The lowest BCUT2D eigenvalue weighted by Crippen LogP contribution is -2.28. The number of aryl methyl sites for hydroxylation is 1. The Kier molecular flexibility index (Phi) is 4.95. The van der Waals surface area contributed by atoms with E-state index in [0.29, 0.717) is 16.4 Å². The molecule has 1 atom stereocenters. The zero-order valence-electron chi connectivity index (χ0n) is 14.0. The molecule has 1 saturated heterocycles. The van der Waals surface area contributed by atoms with Crippen molar-refractivity contribution in [3.63, 3.8) is 0 Å². The smallest absolute Gasteiger partial charge is 0.229 e. The van der Waals surface area contributed by atoms with E-state index in [2.05, 4.69) is 5.32 Å². The van der Waals surface area contributed by atoms with Crippen LogP contribution in [0, 0.1) is 12.8 Å². The van der Waals surface area contributed by atoms with E-state index in [1.54, 1.807) is 17.0 Å². The second kappa shape index (κ2) is 7.17. The highest BCUT2D eigenvalue weighted by Gasteiger charge is 2.35. The number of carboxylic acid groups (broad SMARTS) is 1. The van der Waals surface area contributed by atoms with Crippen molar-refractivity contribution < 1.29 is 19.5 Å². The summed E-state index contributed by atoms with van der Waals surface area (Å²) in [5.74, 6) is -2.21. The number of halogens is 1. The highest BCUT2D eigenvalue weighted by molar-refractivity contribution is 6.31. The fraction of sp³-hybridized carbons (Fsp3) is 0.211. The largest absolute Gasteiger partial charge is 0.545 e. The van der Waals surface area contributed by atoms with Crippen LogP contribution in [-0.4, -0.2) is 24.3 Å². The maximum Gasteiger partial charge on any atom is 0.229 e. The first-order chi connectivity index (χ1) is 12.3. The number of benzene rings is 2. The molecule has 7 heteroatoms. The van der Waals surface area contributed by atoms with Crippen molar-refractivity contribution in [2.24, 2.45) is 5.92 Å². The van der Waals surface area contributed by atoms with E-state index in [1.807, 2.05) is 13.0 Å². The quantitative estimate of drug-likeness (QED) is 0.890. The second-order valence-electron chi connectivity index (χ2n) is 6.19. The number of carbonyl (C=O) groups is 3. The van der Waals surface area contributed by atoms with Gasteiger partial charge in [0.1, 0.15) is 0 Å². The minimum atomic E-state index is -1.28. The summed E-state index contributed by atoms with van der Waals surface area (Å²) in [5.41, 5.74) is 2.07. The molecule has 0 aliphatic carbocycles. The van der Waals surface area contributed by atoms with Crippen LogP contribution in [0.15, 0.2) is 42.5 Å². The summed E-state index contributed by atoms with van der Waals surface area (Å²) in [4.78, 5) is 37.0. The topological polar surface area (TPSA) is 89.5 Å². The molecule has 0 unspecified atom stereocenters. The molecule has 2 aromatic carbocycles. The second-order valence-corrected chi connectivity index (χ2v) is 6.60. The Morgan fingerprint density at radius 2 is 1.88 bits per heavy atom. The Morgan fingerprint density at radius 3 is 2.50 bits per heavy atom. The van der Waals surface area contributed by atoms with Gasteiger partial charge in [-0.05, 0) is 42.3 Å². The molecule has 6 nitrogen and oxygen atoms in total. The molecule has 1 heterocycles. The molecular weight excluding hydrogens is 356 g/mol. The third-order valence-corrected chi connectivity index (χ3v) is 4.76. The van der Waals surface area contributed by atoms with Crippen LogP contribution in [-0.2, 0) is 9.59 Å². The summed E-state index contributed by atoms with van der Waals surface area (Å²) in [5, 5.41) is 14.0. The van der Waals surface area contributed by atoms with Gasteiger partial charge >= 0.3 is 0 Å². The third kappa shape index (κ3) is 3.70. The first-order valence-corrected chi connectivity index (χ1v) is 8.42. The molecular formula is C19H16ClN2O4-. The Hall–Kier alpha value is -2.86. The predicted octanol–water partition coefficient (Wildman–Crippen LogP) is 2.00. The van der Waals surface area contributed by atoms with Crippen LogP contribution >= 0.6 is 11.6 Å². The minimum absolute atomic E-state index is 0.0291. The maximum absolute atomic E-state index is 12.4. The van der Waals surface area contributed by atoms with Crippen LogP contribution in [0.25, 0.3) is 0 Å². The SMILES string of the molecule is Cc1ccc(N2C[C@@H](C(=O)Nc3ccc(C(=O)[O-])cc3)CC2=O)cc1Cl. The highest BCUT2D eigenvalue weighted by Crippen LogP contribution is 2.29. The van der Waals surface area contributed by atoms with Gasteiger partial charge in [0.2, 0.25) is 11.8 Å². The van der Waals surface area contributed by atoms with Gasteiger partial charge in [-0.3, -0.25) is 9.59 Å². The van der Waals surface area contributed by atoms with Crippen LogP contribution in [0.5, 0.6) is 0 Å². The summed E-state index contributed by atoms with van der Waals surface area (Å²) in [7, 11) is 0. The minimum Gasteiger partial charge on any atom is -0.545 e. The van der Waals surface area contributed by atoms with Crippen LogP contribution in [0.3, 0.4) is 0 Å². The monoisotopic (exact) mass is 371 g/mol. The lowest BCUT2D eigenvalue weighted by molar-refractivity contribution is -0.255. The zero-order chi connectivity index (χ0) is 18.8. The van der Waals surface area contributed by atoms with E-state index in [4.69, 9.17) is 11.6 Å². The van der Waals surface area contributed by atoms with Crippen molar-refractivity contribution in [1.82, 2.24) is 0 Å². The zero-order valence-corrected chi connectivity index (χ0v) is 14.7. The number of hydrogen-bond donors (Lipinski definition) is 1. The van der Waals surface area contributed by atoms with Gasteiger partial charge in [0.25, 0.3) is 0 Å². The Morgan fingerprint density at radius 1 is 1.19 bits per heavy atom. The molecule has 26 heavy (non-hydrogen) atoms. The van der Waals surface area contributed by atoms with Gasteiger partial charge in [0.05, 0.1) is 11.9 Å². The molecule has 1 fully saturated rings. The highest BCUT2D eigenvalue weighted by atomic mass is 35.5. The Balaban J connectivity index is 1.68. The maximum atomic E-state index is 12.4. The van der Waals surface area contributed by atoms with Crippen molar-refractivity contribution >= 4 is 40.8 Å². The molecule has 1 aliphatic heterocycles. The van der Waals surface area contributed by atoms with E-state index < -0.39 is 11.9 Å². The number of anilines is 2. The van der Waals surface area contributed by atoms with Gasteiger partial charge in [0, 0.05) is 29.4 Å². The lowest BCUT2D eigenvalue weighted by atomic mass is 10.1. The Labute approximate surface area is 155 Å². The van der Waals surface area contributed by atoms with Crippen molar-refractivity contribution in [3.8, 4) is 0 Å². The number of hydrogen-bond acceptors (Lipinski definition) is 4. The van der Waals surface area contributed by atoms with E-state index >= 15 is 0 Å². The predicted molar refractivity (Wildman–Crippen MR) is 96.1 cm³/mol. The van der Waals surface area contributed by atoms with Crippen molar-refractivity contribution in [3.05, 3.63) is 58.6 Å². The number of aromatic carboxylic acids is 1. The van der Waals surface area contributed by atoms with Crippen LogP contribution < -0.4 is 15.3 Å². The lowest BCUT2D eigenvalue weighted by Gasteiger charge is -2.17. The van der Waals surface area contributed by atoms with Gasteiger partial charge in [-0.1, -0.05) is 29.8 Å². The average Bonchev–Trinajstić information content (AvgIpc) is 3.00. The number of nitrogens with one attached hydrogen (secondary N) is 1. The first kappa shape index (κ1) is 17.9. The summed E-state index contributed by atoms with van der Waals surface area (Å²) >= 11 is 6.12. The van der Waals surface area contributed by atoms with Crippen LogP contribution in [0.2, 0.25) is 5.02 Å². The normalized spacial score (nSPS) is 16.6. The summed E-state index contributed by atoms with van der Waals surface area (Å²) in [6.07, 6.45) is 0.106. The summed E-state index contributed by atoms with van der Waals surface area (Å²) in [6.45, 7) is 2.14. The number of nitrogens with zero attached hydrogens (tertiary/aromatic N) is 1. The van der Waals surface area contributed by atoms with Gasteiger partial charge in [-0.25, -0.2) is 0 Å². The molecule has 3 rings (SSSR count). The fourth-order valence-corrected chi connectivity index (χ4v) is 2.99. The third-order valence-electron chi connectivity index (χ3n) is 4.35. The van der Waals surface area contributed by atoms with Crippen molar-refractivity contribution in [1.29, 1.82) is 0 Å². The number of carboxylic acids is 1. The molecule has 0 saturated carbocycles. The molecule has 2 amide bonds. The van der Waals surface area contributed by atoms with Gasteiger partial charge in [-0.2, -0.15) is 0 Å². The number of carbonyl (C=O) groups excluding carboxylic acids is 3. The number of rotatable bonds is 4. The van der Waals surface area contributed by atoms with Gasteiger partial charge < -0.3 is 20.1 Å². The number of amides is 2. The van der Waals surface area contributed by atoms with Gasteiger partial charge in [-0.15, -0.1) is 0 Å². The first-order valence-electron chi connectivity index (χ1n) is 8.04. The average molecular weight is 372 g/mol. The molecule has 134 valence electrons. The molecule has 0 spiro atoms. The summed E-state index contributed by atoms with van der Waals surface area (Å²) < 4.78 is 0. The molecule has 0 aromatic heterocycles. The van der Waals surface area contributed by atoms with Crippen LogP contribution in [0.1, 0.15) is 22.3 Å². The summed E-state index contributed by atoms with van der Waals surface area (Å²) in [6, 6.07) is 11.0. The van der Waals surface area contributed by atoms with Crippen LogP contribution in [0.4, 0.5) is 11.4 Å². The van der Waals surface area contributed by atoms with E-state index in [0.717, 1.165) is 5.56 Å². The van der Waals surface area contributed by atoms with Crippen molar-refractivity contribution in [2.75, 3.05) is 16.8 Å². The molecule has 0 bridgehead atoms. The Bertz CT molecular complexity index is 880. The standard InChI is InChI=1S/C19H17ClN2O4/c1-11-2-7-15(9-16(11)20)22-10-13(8-17(22)23)18(24)21-14-5-3-12(4-6-14)19(25)26/h2-7,9,13H,8,10H2,1H3,(H,21,24)(H,25,26)/p-1/t13-/m0/s1.